The van der Waals surface area contributed by atoms with E-state index in [0.717, 1.165) is 39.4 Å². The van der Waals surface area contributed by atoms with Gasteiger partial charge in [-0.1, -0.05) is 115 Å². The zero-order valence-corrected chi connectivity index (χ0v) is 30.9. The van der Waals surface area contributed by atoms with Crippen molar-refractivity contribution in [2.45, 2.75) is 41.3 Å². The largest absolute Gasteiger partial charge is 0.472 e. The Morgan fingerprint density at radius 2 is 1.57 bits per heavy atom. The van der Waals surface area contributed by atoms with Gasteiger partial charge in [-0.2, -0.15) is 4.98 Å². The second kappa shape index (κ2) is 17.4. The van der Waals surface area contributed by atoms with E-state index in [0.29, 0.717) is 13.0 Å². The Kier molecular flexibility index (Phi) is 12.4. The number of thioether (sulfide) groups is 1. The van der Waals surface area contributed by atoms with Crippen molar-refractivity contribution >= 4 is 33.7 Å². The van der Waals surface area contributed by atoms with Gasteiger partial charge in [0.25, 0.3) is 10.0 Å². The lowest BCUT2D eigenvalue weighted by atomic mass is 9.80. The Hall–Kier alpha value is -5.09. The van der Waals surface area contributed by atoms with Gasteiger partial charge in [-0.25, -0.2) is 27.0 Å². The van der Waals surface area contributed by atoms with Gasteiger partial charge in [-0.15, -0.1) is 0 Å². The summed E-state index contributed by atoms with van der Waals surface area (Å²) in [6, 6.07) is 34.5. The molecule has 4 aromatic carbocycles. The van der Waals surface area contributed by atoms with E-state index in [2.05, 4.69) is 20.0 Å². The van der Waals surface area contributed by atoms with Crippen LogP contribution >= 0.6 is 11.8 Å². The number of nitrogens with zero attached hydrogens (tertiary/aromatic N) is 3. The smallest absolute Gasteiger partial charge is 0.408 e. The molecule has 1 saturated heterocycles. The van der Waals surface area contributed by atoms with Gasteiger partial charge in [0.05, 0.1) is 6.61 Å². The van der Waals surface area contributed by atoms with Crippen LogP contribution in [0.25, 0.3) is 0 Å². The molecule has 1 aromatic heterocycles. The van der Waals surface area contributed by atoms with E-state index in [1.165, 1.54) is 18.2 Å². The van der Waals surface area contributed by atoms with Gasteiger partial charge in [0.1, 0.15) is 17.5 Å². The minimum Gasteiger partial charge on any atom is -0.472 e. The number of halogens is 2. The summed E-state index contributed by atoms with van der Waals surface area (Å²) in [6.45, 7) is 2.13. The molecule has 1 unspecified atom stereocenters. The fourth-order valence-electron chi connectivity index (χ4n) is 6.20. The summed E-state index contributed by atoms with van der Waals surface area (Å²) < 4.78 is 71.4. The van der Waals surface area contributed by atoms with Gasteiger partial charge in [-0.05, 0) is 42.6 Å². The molecule has 6 rings (SSSR count). The second-order valence-electron chi connectivity index (χ2n) is 12.5. The van der Waals surface area contributed by atoms with Crippen LogP contribution in [0.4, 0.5) is 19.4 Å². The lowest BCUT2D eigenvalue weighted by Gasteiger charge is -2.36. The molecular formula is C39H39F2N5O6S2. The molecule has 0 aliphatic carbocycles. The molecule has 0 radical (unpaired) electrons. The van der Waals surface area contributed by atoms with Crippen LogP contribution in [0.1, 0.15) is 35.6 Å². The summed E-state index contributed by atoms with van der Waals surface area (Å²) in [5, 5.41) is 11.3. The Morgan fingerprint density at radius 1 is 0.963 bits per heavy atom. The first-order chi connectivity index (χ1) is 26.1. The minimum absolute atomic E-state index is 0.00302. The molecule has 0 saturated carbocycles. The lowest BCUT2D eigenvalue weighted by Crippen LogP contribution is -2.49. The zero-order chi connectivity index (χ0) is 38.1. The predicted octanol–water partition coefficient (Wildman–Crippen LogP) is 6.86. The Labute approximate surface area is 316 Å². The topological polar surface area (TPSA) is 143 Å². The lowest BCUT2D eigenvalue weighted by molar-refractivity contribution is -0.0267. The summed E-state index contributed by atoms with van der Waals surface area (Å²) >= 11 is 0.940. The average Bonchev–Trinajstić information content (AvgIpc) is 3.45. The molecule has 1 aliphatic heterocycles. The summed E-state index contributed by atoms with van der Waals surface area (Å²) in [5.41, 5.74) is 1.69. The Balaban J connectivity index is 1.30. The highest BCUT2D eigenvalue weighted by atomic mass is 32.2. The molecule has 0 bridgehead atoms. The normalized spacial score (nSPS) is 15.6. The van der Waals surface area contributed by atoms with Gasteiger partial charge >= 0.3 is 6.09 Å². The standard InChI is InChI=1S/C39H39F2N5O6S2/c1-27(25-51-39(29-14-5-2-6-15-29,30-16-7-3-8-17-30)31-18-9-4-10-19-31)52-34-23-33(43-37(44-34)53-26-28-13-11-20-32(40)36(28)41)45-54(49,50)35-24-42-21-12-22-46(35)38(47)48/h2-11,13-20,23,27,35,42H,12,21-22,24-26H2,1H3,(H,47,48)(H,43,44,45)/t27-,35?/m1/s1. The Bertz CT molecular complexity index is 2040. The number of carbonyl (C=O) groups is 1. The zero-order valence-electron chi connectivity index (χ0n) is 29.3. The number of hydrogen-bond acceptors (Lipinski definition) is 9. The van der Waals surface area contributed by atoms with Crippen molar-refractivity contribution in [2.24, 2.45) is 0 Å². The van der Waals surface area contributed by atoms with Crippen molar-refractivity contribution in [1.82, 2.24) is 20.2 Å². The number of benzene rings is 4. The molecule has 54 heavy (non-hydrogen) atoms. The highest BCUT2D eigenvalue weighted by molar-refractivity contribution is 7.98. The van der Waals surface area contributed by atoms with Crippen LogP contribution in [-0.2, 0) is 26.1 Å². The average molecular weight is 776 g/mol. The summed E-state index contributed by atoms with van der Waals surface area (Å²) in [6.07, 6.45) is -1.60. The van der Waals surface area contributed by atoms with Gasteiger partial charge in [0, 0.05) is 30.5 Å². The first-order valence-electron chi connectivity index (χ1n) is 17.2. The maximum Gasteiger partial charge on any atom is 0.408 e. The molecule has 3 N–H and O–H groups in total. The number of nitrogens with one attached hydrogen (secondary N) is 2. The van der Waals surface area contributed by atoms with E-state index >= 15 is 0 Å². The number of rotatable bonds is 14. The quantitative estimate of drug-likeness (QED) is 0.0622. The van der Waals surface area contributed by atoms with Crippen LogP contribution in [0, 0.1) is 11.6 Å². The van der Waals surface area contributed by atoms with Gasteiger partial charge < -0.3 is 19.9 Å². The van der Waals surface area contributed by atoms with Crippen LogP contribution in [0.15, 0.2) is 120 Å². The monoisotopic (exact) mass is 775 g/mol. The van der Waals surface area contributed by atoms with Crippen LogP contribution in [0.5, 0.6) is 5.88 Å². The van der Waals surface area contributed by atoms with Crippen molar-refractivity contribution in [3.05, 3.63) is 149 Å². The summed E-state index contributed by atoms with van der Waals surface area (Å²) in [5.74, 6) is -2.33. The molecule has 282 valence electrons. The Morgan fingerprint density at radius 3 is 2.17 bits per heavy atom. The van der Waals surface area contributed by atoms with E-state index < -0.39 is 44.8 Å². The molecule has 1 fully saturated rings. The third kappa shape index (κ3) is 8.98. The number of anilines is 1. The number of sulfonamides is 1. The van der Waals surface area contributed by atoms with Crippen molar-refractivity contribution < 1.29 is 36.6 Å². The second-order valence-corrected chi connectivity index (χ2v) is 15.3. The van der Waals surface area contributed by atoms with Crippen molar-refractivity contribution in [3.63, 3.8) is 0 Å². The molecule has 0 spiro atoms. The number of amides is 1. The third-order valence-electron chi connectivity index (χ3n) is 8.74. The van der Waals surface area contributed by atoms with E-state index in [9.17, 15) is 27.1 Å². The molecule has 1 amide bonds. The van der Waals surface area contributed by atoms with Crippen molar-refractivity contribution in [2.75, 3.05) is 31.0 Å². The molecule has 5 aromatic rings. The molecule has 11 nitrogen and oxygen atoms in total. The number of carboxylic acid groups (broad SMARTS) is 1. The maximum absolute atomic E-state index is 14.5. The minimum atomic E-state index is -4.37. The highest BCUT2D eigenvalue weighted by Gasteiger charge is 2.39. The number of ether oxygens (including phenoxy) is 2. The van der Waals surface area contributed by atoms with Gasteiger partial charge in [0.2, 0.25) is 5.88 Å². The van der Waals surface area contributed by atoms with Crippen LogP contribution in [0.2, 0.25) is 0 Å². The summed E-state index contributed by atoms with van der Waals surface area (Å²) in [7, 11) is -4.37. The van der Waals surface area contributed by atoms with E-state index in [-0.39, 0.29) is 47.9 Å². The first kappa shape index (κ1) is 38.6. The van der Waals surface area contributed by atoms with E-state index in [1.807, 2.05) is 91.0 Å². The highest BCUT2D eigenvalue weighted by Crippen LogP contribution is 2.40. The SMILES string of the molecule is C[C@H](COC(c1ccccc1)(c1ccccc1)c1ccccc1)Oc1cc(NS(=O)(=O)C2CNCCCN2C(=O)O)nc(SCc2cccc(F)c2F)n1. The first-order valence-corrected chi connectivity index (χ1v) is 19.7. The van der Waals surface area contributed by atoms with Crippen LogP contribution in [0.3, 0.4) is 0 Å². The maximum atomic E-state index is 14.5. The molecular weight excluding hydrogens is 737 g/mol. The van der Waals surface area contributed by atoms with Crippen LogP contribution < -0.4 is 14.8 Å². The molecule has 2 heterocycles. The molecule has 1 aliphatic rings. The van der Waals surface area contributed by atoms with Gasteiger partial charge in [0.15, 0.2) is 22.2 Å². The van der Waals surface area contributed by atoms with E-state index in [4.69, 9.17) is 9.47 Å². The van der Waals surface area contributed by atoms with Crippen molar-refractivity contribution in [1.29, 1.82) is 0 Å². The summed E-state index contributed by atoms with van der Waals surface area (Å²) in [4.78, 5) is 21.7. The van der Waals surface area contributed by atoms with Crippen LogP contribution in [-0.4, -0.2) is 72.2 Å². The third-order valence-corrected chi connectivity index (χ3v) is 11.3. The molecule has 15 heteroatoms. The van der Waals surface area contributed by atoms with E-state index in [1.54, 1.807) is 6.92 Å². The fraction of sp³-hybridized carbons (Fsp3) is 0.256. The fourth-order valence-corrected chi connectivity index (χ4v) is 8.42. The number of hydrogen-bond donors (Lipinski definition) is 3. The van der Waals surface area contributed by atoms with Crippen molar-refractivity contribution in [3.8, 4) is 5.88 Å². The van der Waals surface area contributed by atoms with Gasteiger partial charge in [-0.3, -0.25) is 9.62 Å². The number of aromatic nitrogens is 2. The predicted molar refractivity (Wildman–Crippen MR) is 202 cm³/mol. The molecule has 2 atom stereocenters.